The number of carbonyl (C=O) groups is 1. The van der Waals surface area contributed by atoms with Gasteiger partial charge in [0.2, 0.25) is 0 Å². The maximum absolute atomic E-state index is 11.6. The summed E-state index contributed by atoms with van der Waals surface area (Å²) in [5.41, 5.74) is 2.43. The number of nitrogens with one attached hydrogen (secondary N) is 1. The number of fused-ring (bicyclic) bond motifs is 1. The fourth-order valence-corrected chi connectivity index (χ4v) is 2.05. The molecule has 0 aromatic heterocycles. The number of aryl methyl sites for hydroxylation is 1. The lowest BCUT2D eigenvalue weighted by Crippen LogP contribution is -2.28. The largest absolute Gasteiger partial charge is 0.375 e. The normalized spacial score (nSPS) is 19.9. The van der Waals surface area contributed by atoms with Gasteiger partial charge in [0.15, 0.2) is 5.78 Å². The summed E-state index contributed by atoms with van der Waals surface area (Å²) in [4.78, 5) is 11.6. The van der Waals surface area contributed by atoms with Crippen LogP contribution in [-0.4, -0.2) is 11.8 Å². The Morgan fingerprint density at radius 3 is 3.07 bits per heavy atom. The molecule has 0 fully saturated rings. The molecule has 0 aliphatic carbocycles. The molecule has 15 heavy (non-hydrogen) atoms. The Bertz CT molecular complexity index is 359. The number of benzene rings is 1. The quantitative estimate of drug-likeness (QED) is 0.798. The van der Waals surface area contributed by atoms with Gasteiger partial charge >= 0.3 is 0 Å². The summed E-state index contributed by atoms with van der Waals surface area (Å²) in [6.45, 7) is 3.66. The van der Waals surface area contributed by atoms with Gasteiger partial charge in [-0.2, -0.15) is 0 Å². The second kappa shape index (κ2) is 4.47. The zero-order chi connectivity index (χ0) is 10.7. The van der Waals surface area contributed by atoms with Crippen LogP contribution in [0.2, 0.25) is 0 Å². The third kappa shape index (κ3) is 2.20. The molecule has 1 heterocycles. The van der Waals surface area contributed by atoms with Gasteiger partial charge in [-0.05, 0) is 37.8 Å². The minimum absolute atomic E-state index is 0.0360. The molecule has 0 spiro atoms. The van der Waals surface area contributed by atoms with Crippen LogP contribution in [-0.2, 0) is 11.2 Å². The van der Waals surface area contributed by atoms with Crippen LogP contribution in [0, 0.1) is 6.92 Å². The maximum atomic E-state index is 11.6. The lowest BCUT2D eigenvalue weighted by molar-refractivity contribution is -0.119. The maximum Gasteiger partial charge on any atom is 0.155 e. The highest BCUT2D eigenvalue weighted by Gasteiger charge is 2.20. The zero-order valence-electron chi connectivity index (χ0n) is 8.83. The first kappa shape index (κ1) is 10.2. The summed E-state index contributed by atoms with van der Waals surface area (Å²) in [5, 5.41) is 3.32. The molecule has 1 aliphatic heterocycles. The Labute approximate surface area is 90.7 Å². The van der Waals surface area contributed by atoms with E-state index in [1.165, 1.54) is 5.56 Å². The first-order chi connectivity index (χ1) is 7.31. The lowest BCUT2D eigenvalue weighted by atomic mass is 10.0. The van der Waals surface area contributed by atoms with Crippen molar-refractivity contribution in [1.29, 1.82) is 0 Å². The van der Waals surface area contributed by atoms with Crippen LogP contribution >= 0.6 is 0 Å². The minimum Gasteiger partial charge on any atom is -0.375 e. The summed E-state index contributed by atoms with van der Waals surface area (Å²) in [5.74, 6) is 0.215. The summed E-state index contributed by atoms with van der Waals surface area (Å²) >= 11 is 0. The fraction of sp³-hybridized carbons (Fsp3) is 0.385. The summed E-state index contributed by atoms with van der Waals surface area (Å²) in [6.07, 6.45) is 3.42. The second-order valence-corrected chi connectivity index (χ2v) is 3.96. The summed E-state index contributed by atoms with van der Waals surface area (Å²) in [7, 11) is 0. The highest BCUT2D eigenvalue weighted by Crippen LogP contribution is 2.24. The van der Waals surface area contributed by atoms with E-state index < -0.39 is 0 Å². The number of para-hydroxylation sites is 1. The molecule has 1 unspecified atom stereocenters. The molecule has 0 saturated heterocycles. The number of hydrogen-bond donors (Lipinski definition) is 1. The molecule has 0 saturated carbocycles. The van der Waals surface area contributed by atoms with Crippen LogP contribution in [0.4, 0.5) is 5.69 Å². The molecule has 2 rings (SSSR count). The third-order valence-electron chi connectivity index (χ3n) is 2.92. The molecular formula is C13H16NO. The molecule has 1 aromatic carbocycles. The number of ketones is 1. The van der Waals surface area contributed by atoms with Crippen molar-refractivity contribution < 1.29 is 4.79 Å². The van der Waals surface area contributed by atoms with E-state index >= 15 is 0 Å². The van der Waals surface area contributed by atoms with E-state index in [0.29, 0.717) is 6.42 Å². The van der Waals surface area contributed by atoms with Gasteiger partial charge in [0.1, 0.15) is 0 Å². The average molecular weight is 202 g/mol. The van der Waals surface area contributed by atoms with Crippen LogP contribution in [0.15, 0.2) is 24.3 Å². The van der Waals surface area contributed by atoms with Gasteiger partial charge in [-0.3, -0.25) is 4.79 Å². The molecule has 79 valence electrons. The van der Waals surface area contributed by atoms with Crippen LogP contribution in [0.5, 0.6) is 0 Å². The Kier molecular flexibility index (Phi) is 3.05. The van der Waals surface area contributed by atoms with Gasteiger partial charge < -0.3 is 5.32 Å². The van der Waals surface area contributed by atoms with Crippen LogP contribution in [0.3, 0.4) is 0 Å². The van der Waals surface area contributed by atoms with Crippen molar-refractivity contribution in [3.8, 4) is 0 Å². The number of hydrogen-bond acceptors (Lipinski definition) is 2. The molecule has 0 amide bonds. The third-order valence-corrected chi connectivity index (χ3v) is 2.92. The molecule has 1 radical (unpaired) electrons. The van der Waals surface area contributed by atoms with Gasteiger partial charge in [0, 0.05) is 12.1 Å². The summed E-state index contributed by atoms with van der Waals surface area (Å²) in [6, 6.07) is 8.18. The molecule has 1 atom stereocenters. The second-order valence-electron chi connectivity index (χ2n) is 3.96. The SMILES string of the molecule is [CH2]CC(=O)C1CCCc2ccccc2N1. The Morgan fingerprint density at radius 1 is 1.47 bits per heavy atom. The van der Waals surface area contributed by atoms with Crippen molar-refractivity contribution in [2.24, 2.45) is 0 Å². The highest BCUT2D eigenvalue weighted by molar-refractivity contribution is 5.87. The number of anilines is 1. The van der Waals surface area contributed by atoms with E-state index in [1.807, 2.05) is 18.2 Å². The molecule has 1 aromatic rings. The van der Waals surface area contributed by atoms with Crippen molar-refractivity contribution in [3.05, 3.63) is 36.8 Å². The highest BCUT2D eigenvalue weighted by atomic mass is 16.1. The smallest absolute Gasteiger partial charge is 0.155 e. The van der Waals surface area contributed by atoms with E-state index in [-0.39, 0.29) is 11.8 Å². The Balaban J connectivity index is 2.21. The molecule has 1 aliphatic rings. The van der Waals surface area contributed by atoms with Crippen molar-refractivity contribution in [2.45, 2.75) is 31.7 Å². The molecule has 2 heteroatoms. The van der Waals surface area contributed by atoms with Crippen LogP contribution in [0.25, 0.3) is 0 Å². The first-order valence-electron chi connectivity index (χ1n) is 5.47. The standard InChI is InChI=1S/C13H16NO/c1-2-13(15)12-9-5-7-10-6-3-4-8-11(10)14-12/h3-4,6,8,12,14H,1-2,5,7,9H2. The number of carbonyl (C=O) groups excluding carboxylic acids is 1. The summed E-state index contributed by atoms with van der Waals surface area (Å²) < 4.78 is 0. The van der Waals surface area contributed by atoms with E-state index in [9.17, 15) is 4.79 Å². The van der Waals surface area contributed by atoms with Gasteiger partial charge in [0.05, 0.1) is 6.04 Å². The predicted molar refractivity (Wildman–Crippen MR) is 61.8 cm³/mol. The fourth-order valence-electron chi connectivity index (χ4n) is 2.05. The number of rotatable bonds is 2. The van der Waals surface area contributed by atoms with Gasteiger partial charge in [0.25, 0.3) is 0 Å². The lowest BCUT2D eigenvalue weighted by Gasteiger charge is -2.15. The van der Waals surface area contributed by atoms with Crippen molar-refractivity contribution >= 4 is 11.5 Å². The molecule has 2 nitrogen and oxygen atoms in total. The average Bonchev–Trinajstić information content (AvgIpc) is 2.49. The van der Waals surface area contributed by atoms with Crippen molar-refractivity contribution in [1.82, 2.24) is 0 Å². The monoisotopic (exact) mass is 202 g/mol. The van der Waals surface area contributed by atoms with Gasteiger partial charge in [-0.25, -0.2) is 0 Å². The number of Topliss-reactive ketones (excluding diaryl/α,β-unsaturated/α-hetero) is 1. The Hall–Kier alpha value is -1.31. The van der Waals surface area contributed by atoms with E-state index in [4.69, 9.17) is 0 Å². The van der Waals surface area contributed by atoms with Crippen molar-refractivity contribution in [3.63, 3.8) is 0 Å². The molecule has 1 N–H and O–H groups in total. The minimum atomic E-state index is -0.0360. The van der Waals surface area contributed by atoms with Crippen LogP contribution < -0.4 is 5.32 Å². The molecular weight excluding hydrogens is 186 g/mol. The van der Waals surface area contributed by atoms with Gasteiger partial charge in [-0.1, -0.05) is 18.2 Å². The predicted octanol–water partition coefficient (Wildman–Crippen LogP) is 2.60. The molecule has 0 bridgehead atoms. The van der Waals surface area contributed by atoms with E-state index in [1.54, 1.807) is 0 Å². The van der Waals surface area contributed by atoms with Gasteiger partial charge in [-0.15, -0.1) is 0 Å². The van der Waals surface area contributed by atoms with Crippen LogP contribution in [0.1, 0.15) is 24.8 Å². The topological polar surface area (TPSA) is 29.1 Å². The zero-order valence-corrected chi connectivity index (χ0v) is 8.83. The van der Waals surface area contributed by atoms with E-state index in [0.717, 1.165) is 24.9 Å². The van der Waals surface area contributed by atoms with E-state index in [2.05, 4.69) is 18.3 Å². The first-order valence-corrected chi connectivity index (χ1v) is 5.47. The van der Waals surface area contributed by atoms with Crippen molar-refractivity contribution in [2.75, 3.05) is 5.32 Å². The Morgan fingerprint density at radius 2 is 2.27 bits per heavy atom.